The van der Waals surface area contributed by atoms with Crippen LogP contribution in [0.25, 0.3) is 0 Å². The Morgan fingerprint density at radius 3 is 2.91 bits per heavy atom. The van der Waals surface area contributed by atoms with Crippen LogP contribution in [0.2, 0.25) is 0 Å². The number of aryl methyl sites for hydroxylation is 2. The molecule has 2 aromatic rings. The number of hydrogen-bond acceptors (Lipinski definition) is 4. The highest BCUT2D eigenvalue weighted by Gasteiger charge is 2.35. The highest BCUT2D eigenvalue weighted by Crippen LogP contribution is 2.38. The van der Waals surface area contributed by atoms with E-state index in [1.807, 2.05) is 43.1 Å². The Bertz CT molecular complexity index is 745. The lowest BCUT2D eigenvalue weighted by molar-refractivity contribution is 0.0721. The van der Waals surface area contributed by atoms with Crippen molar-refractivity contribution in [1.82, 2.24) is 14.7 Å². The van der Waals surface area contributed by atoms with Crippen LogP contribution in [0, 0.1) is 6.92 Å². The van der Waals surface area contributed by atoms with Crippen molar-refractivity contribution < 1.29 is 14.3 Å². The maximum Gasteiger partial charge on any atom is 0.274 e. The van der Waals surface area contributed by atoms with Crippen molar-refractivity contribution >= 4 is 5.91 Å². The zero-order chi connectivity index (χ0) is 16.0. The van der Waals surface area contributed by atoms with Crippen molar-refractivity contribution in [2.45, 2.75) is 32.4 Å². The number of para-hydroxylation sites is 1. The number of fused-ring (bicyclic) bond motifs is 1. The second-order valence-electron chi connectivity index (χ2n) is 6.11. The van der Waals surface area contributed by atoms with Crippen molar-refractivity contribution in [3.63, 3.8) is 0 Å². The van der Waals surface area contributed by atoms with Gasteiger partial charge in [-0.15, -0.1) is 0 Å². The Labute approximate surface area is 134 Å². The molecule has 0 atom stereocenters. The summed E-state index contributed by atoms with van der Waals surface area (Å²) in [6.07, 6.45) is 2.09. The maximum atomic E-state index is 12.9. The minimum atomic E-state index is -0.0206. The maximum absolute atomic E-state index is 12.9. The summed E-state index contributed by atoms with van der Waals surface area (Å²) in [4.78, 5) is 14.8. The standard InChI is InChI=1S/C17H19N3O3/c1-11-8-14(18-19(11)2)17(21)20(13-6-7-13)9-12-4-3-5-15-16(12)23-10-22-15/h3-5,8,13H,6-7,9-10H2,1-2H3. The number of nitrogens with zero attached hydrogens (tertiary/aromatic N) is 3. The topological polar surface area (TPSA) is 56.6 Å². The molecule has 2 heterocycles. The first-order chi connectivity index (χ1) is 11.1. The molecule has 1 aliphatic heterocycles. The molecule has 0 bridgehead atoms. The lowest BCUT2D eigenvalue weighted by Crippen LogP contribution is -2.33. The van der Waals surface area contributed by atoms with E-state index in [0.29, 0.717) is 18.3 Å². The number of ether oxygens (including phenoxy) is 2. The number of hydrogen-bond donors (Lipinski definition) is 0. The highest BCUT2D eigenvalue weighted by atomic mass is 16.7. The number of carbonyl (C=O) groups excluding carboxylic acids is 1. The quantitative estimate of drug-likeness (QED) is 0.869. The van der Waals surface area contributed by atoms with E-state index < -0.39 is 0 Å². The molecule has 0 spiro atoms. The molecule has 1 aliphatic carbocycles. The minimum absolute atomic E-state index is 0.0206. The third kappa shape index (κ3) is 2.54. The van der Waals surface area contributed by atoms with Crippen LogP contribution in [0.5, 0.6) is 11.5 Å². The van der Waals surface area contributed by atoms with Crippen LogP contribution in [-0.2, 0) is 13.6 Å². The summed E-state index contributed by atoms with van der Waals surface area (Å²) >= 11 is 0. The fraction of sp³-hybridized carbons (Fsp3) is 0.412. The van der Waals surface area contributed by atoms with Crippen molar-refractivity contribution in [1.29, 1.82) is 0 Å². The first-order valence-electron chi connectivity index (χ1n) is 7.82. The molecule has 0 saturated heterocycles. The Kier molecular flexibility index (Phi) is 3.25. The van der Waals surface area contributed by atoms with Gasteiger partial charge in [0.2, 0.25) is 6.79 Å². The Morgan fingerprint density at radius 1 is 1.39 bits per heavy atom. The largest absolute Gasteiger partial charge is 0.454 e. The Balaban J connectivity index is 1.62. The Hall–Kier alpha value is -2.50. The second kappa shape index (κ2) is 5.30. The number of carbonyl (C=O) groups is 1. The van der Waals surface area contributed by atoms with E-state index in [1.165, 1.54) is 0 Å². The number of benzene rings is 1. The average molecular weight is 313 g/mol. The summed E-state index contributed by atoms with van der Waals surface area (Å²) in [6.45, 7) is 2.70. The summed E-state index contributed by atoms with van der Waals surface area (Å²) in [7, 11) is 1.85. The van der Waals surface area contributed by atoms with Gasteiger partial charge in [-0.2, -0.15) is 5.10 Å². The smallest absolute Gasteiger partial charge is 0.274 e. The van der Waals surface area contributed by atoms with E-state index in [9.17, 15) is 4.79 Å². The van der Waals surface area contributed by atoms with Crippen molar-refractivity contribution in [2.24, 2.45) is 7.05 Å². The van der Waals surface area contributed by atoms with Gasteiger partial charge in [0.05, 0.1) is 6.54 Å². The molecule has 23 heavy (non-hydrogen) atoms. The van der Waals surface area contributed by atoms with E-state index >= 15 is 0 Å². The molecule has 1 amide bonds. The summed E-state index contributed by atoms with van der Waals surface area (Å²) in [5.74, 6) is 1.48. The van der Waals surface area contributed by atoms with Gasteiger partial charge in [-0.1, -0.05) is 12.1 Å². The van der Waals surface area contributed by atoms with Crippen LogP contribution in [0.15, 0.2) is 24.3 Å². The number of amides is 1. The third-order valence-electron chi connectivity index (χ3n) is 4.40. The predicted octanol–water partition coefficient (Wildman–Crippen LogP) is 2.26. The number of rotatable bonds is 4. The summed E-state index contributed by atoms with van der Waals surface area (Å²) in [6, 6.07) is 7.94. The molecule has 0 unspecified atom stereocenters. The minimum Gasteiger partial charge on any atom is -0.454 e. The molecule has 2 aliphatic rings. The van der Waals surface area contributed by atoms with Gasteiger partial charge < -0.3 is 14.4 Å². The highest BCUT2D eigenvalue weighted by molar-refractivity contribution is 5.92. The molecule has 0 radical (unpaired) electrons. The van der Waals surface area contributed by atoms with Gasteiger partial charge in [-0.05, 0) is 31.9 Å². The first-order valence-corrected chi connectivity index (χ1v) is 7.82. The van der Waals surface area contributed by atoms with Gasteiger partial charge in [0.25, 0.3) is 5.91 Å². The fourth-order valence-corrected chi connectivity index (χ4v) is 2.86. The lowest BCUT2D eigenvalue weighted by Gasteiger charge is -2.22. The molecule has 1 aromatic heterocycles. The van der Waals surface area contributed by atoms with E-state index in [4.69, 9.17) is 9.47 Å². The van der Waals surface area contributed by atoms with Gasteiger partial charge in [0, 0.05) is 24.3 Å². The van der Waals surface area contributed by atoms with Gasteiger partial charge in [0.1, 0.15) is 0 Å². The molecule has 4 rings (SSSR count). The molecule has 1 fully saturated rings. The normalized spacial score (nSPS) is 15.7. The van der Waals surface area contributed by atoms with Gasteiger partial charge >= 0.3 is 0 Å². The predicted molar refractivity (Wildman–Crippen MR) is 83.4 cm³/mol. The molecule has 6 nitrogen and oxygen atoms in total. The van der Waals surface area contributed by atoms with Crippen LogP contribution in [0.4, 0.5) is 0 Å². The first kappa shape index (κ1) is 14.1. The van der Waals surface area contributed by atoms with Crippen LogP contribution < -0.4 is 9.47 Å². The van der Waals surface area contributed by atoms with Crippen molar-refractivity contribution in [3.05, 3.63) is 41.2 Å². The van der Waals surface area contributed by atoms with Gasteiger partial charge in [0.15, 0.2) is 17.2 Å². The molecule has 120 valence electrons. The fourth-order valence-electron chi connectivity index (χ4n) is 2.86. The van der Waals surface area contributed by atoms with E-state index in [2.05, 4.69) is 5.10 Å². The van der Waals surface area contributed by atoms with Crippen LogP contribution in [0.3, 0.4) is 0 Å². The number of aromatic nitrogens is 2. The zero-order valence-corrected chi connectivity index (χ0v) is 13.3. The molecule has 1 saturated carbocycles. The van der Waals surface area contributed by atoms with E-state index in [-0.39, 0.29) is 12.7 Å². The second-order valence-corrected chi connectivity index (χ2v) is 6.11. The van der Waals surface area contributed by atoms with Crippen LogP contribution >= 0.6 is 0 Å². The van der Waals surface area contributed by atoms with Crippen LogP contribution in [-0.4, -0.2) is 33.4 Å². The SMILES string of the molecule is Cc1cc(C(=O)N(Cc2cccc3c2OCO3)C2CC2)nn1C. The molecule has 0 N–H and O–H groups in total. The van der Waals surface area contributed by atoms with E-state index in [0.717, 1.165) is 35.6 Å². The summed E-state index contributed by atoms with van der Waals surface area (Å²) in [5.41, 5.74) is 2.45. The monoisotopic (exact) mass is 313 g/mol. The van der Waals surface area contributed by atoms with Gasteiger partial charge in [-0.3, -0.25) is 9.48 Å². The third-order valence-corrected chi connectivity index (χ3v) is 4.40. The van der Waals surface area contributed by atoms with E-state index in [1.54, 1.807) is 4.68 Å². The summed E-state index contributed by atoms with van der Waals surface area (Å²) in [5, 5.41) is 4.32. The lowest BCUT2D eigenvalue weighted by atomic mass is 10.1. The van der Waals surface area contributed by atoms with Crippen molar-refractivity contribution in [2.75, 3.05) is 6.79 Å². The summed E-state index contributed by atoms with van der Waals surface area (Å²) < 4.78 is 12.7. The van der Waals surface area contributed by atoms with Gasteiger partial charge in [-0.25, -0.2) is 0 Å². The molecule has 1 aromatic carbocycles. The Morgan fingerprint density at radius 2 is 2.22 bits per heavy atom. The average Bonchev–Trinajstić information content (AvgIpc) is 3.16. The molecular weight excluding hydrogens is 294 g/mol. The van der Waals surface area contributed by atoms with Crippen LogP contribution in [0.1, 0.15) is 34.6 Å². The molecular formula is C17H19N3O3. The van der Waals surface area contributed by atoms with Crippen molar-refractivity contribution in [3.8, 4) is 11.5 Å². The zero-order valence-electron chi connectivity index (χ0n) is 13.3. The molecule has 6 heteroatoms.